The summed E-state index contributed by atoms with van der Waals surface area (Å²) in [7, 11) is 0. The van der Waals surface area contributed by atoms with Crippen LogP contribution in [0.15, 0.2) is 0 Å². The summed E-state index contributed by atoms with van der Waals surface area (Å²) in [6, 6.07) is -0.632. The maximum atomic E-state index is 11.9. The largest absolute Gasteiger partial charge is 0.480 e. The Kier molecular flexibility index (Phi) is 5.77. The highest BCUT2D eigenvalue weighted by molar-refractivity contribution is 7.98. The van der Waals surface area contributed by atoms with Crippen LogP contribution in [0.4, 0.5) is 0 Å². The predicted molar refractivity (Wildman–Crippen MR) is 68.1 cm³/mol. The molecule has 1 saturated heterocycles. The molecule has 5 nitrogen and oxygen atoms in total. The topological polar surface area (TPSA) is 78.4 Å². The van der Waals surface area contributed by atoms with E-state index in [1.807, 2.05) is 13.2 Å². The summed E-state index contributed by atoms with van der Waals surface area (Å²) < 4.78 is 0. The number of hydrogen-bond donors (Lipinski definition) is 3. The van der Waals surface area contributed by atoms with Gasteiger partial charge in [-0.05, 0) is 38.3 Å². The van der Waals surface area contributed by atoms with E-state index in [0.29, 0.717) is 6.42 Å². The molecule has 1 aliphatic heterocycles. The van der Waals surface area contributed by atoms with Gasteiger partial charge in [0.05, 0.1) is 5.92 Å². The Balaban J connectivity index is 2.48. The normalized spacial score (nSPS) is 25.5. The number of carboxylic acid groups (broad SMARTS) is 1. The van der Waals surface area contributed by atoms with Crippen molar-refractivity contribution in [1.82, 2.24) is 10.6 Å². The molecule has 1 rings (SSSR count). The van der Waals surface area contributed by atoms with E-state index in [-0.39, 0.29) is 17.9 Å². The Morgan fingerprint density at radius 3 is 2.76 bits per heavy atom. The number of rotatable bonds is 6. The highest BCUT2D eigenvalue weighted by atomic mass is 32.2. The van der Waals surface area contributed by atoms with Gasteiger partial charge in [0.2, 0.25) is 5.91 Å². The molecule has 0 aromatic heterocycles. The fourth-order valence-electron chi connectivity index (χ4n) is 1.99. The third-order valence-electron chi connectivity index (χ3n) is 3.09. The average molecular weight is 260 g/mol. The second-order valence-electron chi connectivity index (χ2n) is 4.32. The molecule has 1 amide bonds. The third kappa shape index (κ3) is 4.20. The first kappa shape index (κ1) is 14.3. The van der Waals surface area contributed by atoms with E-state index in [4.69, 9.17) is 5.11 Å². The summed E-state index contributed by atoms with van der Waals surface area (Å²) in [5.41, 5.74) is 0. The Morgan fingerprint density at radius 2 is 2.29 bits per heavy atom. The summed E-state index contributed by atoms with van der Waals surface area (Å²) >= 11 is 1.58. The fraction of sp³-hybridized carbons (Fsp3) is 0.818. The zero-order valence-corrected chi connectivity index (χ0v) is 11.0. The van der Waals surface area contributed by atoms with Crippen molar-refractivity contribution >= 4 is 23.6 Å². The Bertz CT molecular complexity index is 286. The van der Waals surface area contributed by atoms with Crippen LogP contribution in [0, 0.1) is 5.92 Å². The minimum absolute atomic E-state index is 0.105. The van der Waals surface area contributed by atoms with Crippen LogP contribution in [0.2, 0.25) is 0 Å². The fourth-order valence-corrected chi connectivity index (χ4v) is 2.46. The van der Waals surface area contributed by atoms with E-state index in [1.54, 1.807) is 11.8 Å². The van der Waals surface area contributed by atoms with Crippen molar-refractivity contribution in [2.24, 2.45) is 5.92 Å². The number of carboxylic acids is 1. The molecule has 1 heterocycles. The first-order valence-electron chi connectivity index (χ1n) is 5.81. The average Bonchev–Trinajstić information content (AvgIpc) is 2.70. The molecule has 0 radical (unpaired) electrons. The van der Waals surface area contributed by atoms with Crippen molar-refractivity contribution in [3.8, 4) is 0 Å². The number of carbonyl (C=O) groups excluding carboxylic acids is 1. The standard InChI is InChI=1S/C11H20N2O3S/c1-7-8(3-5-12-7)10(14)13-9(11(15)16)4-6-17-2/h7-9,12H,3-6H2,1-2H3,(H,13,14)(H,15,16)/t7?,8?,9-/m0/s1. The number of aliphatic carboxylic acids is 1. The second kappa shape index (κ2) is 6.86. The number of carbonyl (C=O) groups is 2. The van der Waals surface area contributed by atoms with Gasteiger partial charge in [-0.3, -0.25) is 4.79 Å². The van der Waals surface area contributed by atoms with E-state index in [2.05, 4.69) is 10.6 Å². The lowest BCUT2D eigenvalue weighted by atomic mass is 10.0. The van der Waals surface area contributed by atoms with Crippen molar-refractivity contribution in [2.45, 2.75) is 31.8 Å². The van der Waals surface area contributed by atoms with Gasteiger partial charge in [0.1, 0.15) is 6.04 Å². The number of amides is 1. The molecule has 3 atom stereocenters. The van der Waals surface area contributed by atoms with E-state index >= 15 is 0 Å². The monoisotopic (exact) mass is 260 g/mol. The van der Waals surface area contributed by atoms with Gasteiger partial charge in [-0.15, -0.1) is 0 Å². The molecule has 0 spiro atoms. The summed E-state index contributed by atoms with van der Waals surface area (Å²) in [4.78, 5) is 22.9. The first-order chi connectivity index (χ1) is 8.06. The van der Waals surface area contributed by atoms with E-state index < -0.39 is 12.0 Å². The van der Waals surface area contributed by atoms with Gasteiger partial charge in [0.25, 0.3) is 0 Å². The maximum absolute atomic E-state index is 11.9. The SMILES string of the molecule is CSCC[C@H](NC(=O)C1CCNC1C)C(=O)O. The molecule has 0 bridgehead atoms. The van der Waals surface area contributed by atoms with Crippen molar-refractivity contribution < 1.29 is 14.7 Å². The molecule has 0 aromatic carbocycles. The van der Waals surface area contributed by atoms with Crippen LogP contribution < -0.4 is 10.6 Å². The van der Waals surface area contributed by atoms with Crippen LogP contribution in [0.25, 0.3) is 0 Å². The Morgan fingerprint density at radius 1 is 1.59 bits per heavy atom. The van der Waals surface area contributed by atoms with Crippen LogP contribution >= 0.6 is 11.8 Å². The minimum Gasteiger partial charge on any atom is -0.480 e. The van der Waals surface area contributed by atoms with E-state index in [9.17, 15) is 9.59 Å². The molecule has 6 heteroatoms. The highest BCUT2D eigenvalue weighted by Gasteiger charge is 2.31. The molecular formula is C11H20N2O3S. The molecule has 98 valence electrons. The van der Waals surface area contributed by atoms with Gasteiger partial charge >= 0.3 is 5.97 Å². The quantitative estimate of drug-likeness (QED) is 0.640. The minimum atomic E-state index is -0.953. The van der Waals surface area contributed by atoms with Crippen molar-refractivity contribution in [3.05, 3.63) is 0 Å². The molecule has 0 aromatic rings. The van der Waals surface area contributed by atoms with E-state index in [0.717, 1.165) is 18.7 Å². The van der Waals surface area contributed by atoms with Gasteiger partial charge < -0.3 is 15.7 Å². The van der Waals surface area contributed by atoms with Crippen LogP contribution in [0.5, 0.6) is 0 Å². The van der Waals surface area contributed by atoms with Crippen molar-refractivity contribution in [2.75, 3.05) is 18.6 Å². The number of nitrogens with one attached hydrogen (secondary N) is 2. The zero-order chi connectivity index (χ0) is 12.8. The van der Waals surface area contributed by atoms with Gasteiger partial charge in [0.15, 0.2) is 0 Å². The highest BCUT2D eigenvalue weighted by Crippen LogP contribution is 2.15. The summed E-state index contributed by atoms with van der Waals surface area (Å²) in [5.74, 6) is -0.469. The summed E-state index contributed by atoms with van der Waals surface area (Å²) in [6.45, 7) is 2.77. The summed E-state index contributed by atoms with van der Waals surface area (Å²) in [5, 5.41) is 14.8. The van der Waals surface area contributed by atoms with Crippen LogP contribution in [-0.2, 0) is 9.59 Å². The zero-order valence-electron chi connectivity index (χ0n) is 10.2. The first-order valence-corrected chi connectivity index (χ1v) is 7.21. The Hall–Kier alpha value is -0.750. The van der Waals surface area contributed by atoms with E-state index in [1.165, 1.54) is 0 Å². The van der Waals surface area contributed by atoms with Gasteiger partial charge in [-0.1, -0.05) is 0 Å². The maximum Gasteiger partial charge on any atom is 0.326 e. The van der Waals surface area contributed by atoms with Gasteiger partial charge in [0, 0.05) is 6.04 Å². The van der Waals surface area contributed by atoms with Gasteiger partial charge in [-0.2, -0.15) is 11.8 Å². The predicted octanol–water partition coefficient (Wildman–Crippen LogP) is 0.307. The van der Waals surface area contributed by atoms with Crippen molar-refractivity contribution in [3.63, 3.8) is 0 Å². The molecule has 0 aliphatic carbocycles. The number of hydrogen-bond acceptors (Lipinski definition) is 4. The van der Waals surface area contributed by atoms with Crippen molar-refractivity contribution in [1.29, 1.82) is 0 Å². The molecule has 1 aliphatic rings. The summed E-state index contributed by atoms with van der Waals surface area (Å²) in [6.07, 6.45) is 3.17. The molecule has 2 unspecified atom stereocenters. The molecule has 17 heavy (non-hydrogen) atoms. The van der Waals surface area contributed by atoms with Gasteiger partial charge in [-0.25, -0.2) is 4.79 Å². The van der Waals surface area contributed by atoms with Crippen LogP contribution in [0.1, 0.15) is 19.8 Å². The Labute approximate surface area is 106 Å². The third-order valence-corrected chi connectivity index (χ3v) is 3.73. The number of thioether (sulfide) groups is 1. The molecule has 3 N–H and O–H groups in total. The van der Waals surface area contributed by atoms with Crippen LogP contribution in [0.3, 0.4) is 0 Å². The molecular weight excluding hydrogens is 240 g/mol. The second-order valence-corrected chi connectivity index (χ2v) is 5.30. The van der Waals surface area contributed by atoms with Crippen LogP contribution in [-0.4, -0.2) is 47.6 Å². The lowest BCUT2D eigenvalue weighted by molar-refractivity contribution is -0.142. The lowest BCUT2D eigenvalue weighted by Gasteiger charge is -2.19. The molecule has 1 fully saturated rings. The lowest BCUT2D eigenvalue weighted by Crippen LogP contribution is -2.46. The smallest absolute Gasteiger partial charge is 0.326 e. The molecule has 0 saturated carbocycles.